The molecule has 1 atom stereocenters. The molecule has 1 aromatic carbocycles. The van der Waals surface area contributed by atoms with E-state index in [0.29, 0.717) is 13.1 Å². The first-order chi connectivity index (χ1) is 9.91. The third kappa shape index (κ3) is 3.87. The van der Waals surface area contributed by atoms with Gasteiger partial charge in [-0.15, -0.1) is 0 Å². The number of carbonyl (C=O) groups is 1. The van der Waals surface area contributed by atoms with Gasteiger partial charge in [0.1, 0.15) is 5.75 Å². The Morgan fingerprint density at radius 1 is 1.33 bits per heavy atom. The maximum Gasteiger partial charge on any atom is 0.416 e. The number of nitrogens with two attached hydrogens (primary N) is 1. The Balaban J connectivity index is 1.89. The molecule has 2 N–H and O–H groups in total. The molecule has 1 heterocycles. The summed E-state index contributed by atoms with van der Waals surface area (Å²) in [5.74, 6) is 0.0442. The van der Waals surface area contributed by atoms with Crippen molar-refractivity contribution in [2.24, 2.45) is 5.73 Å². The van der Waals surface area contributed by atoms with Crippen LogP contribution in [0.3, 0.4) is 0 Å². The summed E-state index contributed by atoms with van der Waals surface area (Å²) in [7, 11) is 0. The first-order valence-electron chi connectivity index (χ1n) is 6.71. The molecule has 0 bridgehead atoms. The van der Waals surface area contributed by atoms with Crippen LogP contribution in [0.5, 0.6) is 5.75 Å². The van der Waals surface area contributed by atoms with Crippen LogP contribution in [0.25, 0.3) is 0 Å². The zero-order chi connectivity index (χ0) is 15.5. The third-order valence-corrected chi connectivity index (χ3v) is 3.51. The van der Waals surface area contributed by atoms with Crippen molar-refractivity contribution < 1.29 is 22.7 Å². The highest BCUT2D eigenvalue weighted by atomic mass is 19.4. The van der Waals surface area contributed by atoms with Crippen LogP contribution < -0.4 is 10.5 Å². The van der Waals surface area contributed by atoms with E-state index in [1.165, 1.54) is 12.1 Å². The molecule has 1 fully saturated rings. The van der Waals surface area contributed by atoms with Crippen LogP contribution >= 0.6 is 0 Å². The molecule has 0 spiro atoms. The van der Waals surface area contributed by atoms with Gasteiger partial charge in [-0.05, 0) is 37.1 Å². The quantitative estimate of drug-likeness (QED) is 0.926. The zero-order valence-electron chi connectivity index (χ0n) is 11.4. The second-order valence-electron chi connectivity index (χ2n) is 4.93. The fourth-order valence-electron chi connectivity index (χ4n) is 2.38. The number of likely N-dealkylation sites (tertiary alicyclic amines) is 1. The molecule has 21 heavy (non-hydrogen) atoms. The number of carbonyl (C=O) groups excluding carboxylic acids is 1. The van der Waals surface area contributed by atoms with E-state index in [-0.39, 0.29) is 24.3 Å². The maximum absolute atomic E-state index is 12.4. The molecular formula is C14H17F3N2O2. The smallest absolute Gasteiger partial charge is 0.416 e. The summed E-state index contributed by atoms with van der Waals surface area (Å²) in [6.45, 7) is 0.866. The van der Waals surface area contributed by atoms with E-state index in [1.54, 1.807) is 4.90 Å². The van der Waals surface area contributed by atoms with E-state index in [4.69, 9.17) is 10.5 Å². The van der Waals surface area contributed by atoms with Crippen LogP contribution in [0.4, 0.5) is 13.2 Å². The molecule has 0 aliphatic carbocycles. The molecule has 0 unspecified atom stereocenters. The number of alkyl halides is 3. The van der Waals surface area contributed by atoms with Crippen LogP contribution in [-0.2, 0) is 11.0 Å². The predicted molar refractivity (Wildman–Crippen MR) is 70.7 cm³/mol. The summed E-state index contributed by atoms with van der Waals surface area (Å²) in [4.78, 5) is 13.7. The summed E-state index contributed by atoms with van der Waals surface area (Å²) in [5.41, 5.74) is 4.84. The van der Waals surface area contributed by atoms with Gasteiger partial charge in [-0.25, -0.2) is 0 Å². The lowest BCUT2D eigenvalue weighted by molar-refractivity contribution is -0.138. The van der Waals surface area contributed by atoms with Gasteiger partial charge >= 0.3 is 6.18 Å². The lowest BCUT2D eigenvalue weighted by Crippen LogP contribution is -2.42. The van der Waals surface area contributed by atoms with Crippen molar-refractivity contribution in [2.45, 2.75) is 25.1 Å². The zero-order valence-corrected chi connectivity index (χ0v) is 11.4. The predicted octanol–water partition coefficient (Wildman–Crippen LogP) is 2.03. The molecule has 2 rings (SSSR count). The highest BCUT2D eigenvalue weighted by Crippen LogP contribution is 2.30. The molecule has 0 radical (unpaired) electrons. The van der Waals surface area contributed by atoms with Gasteiger partial charge in [-0.1, -0.05) is 0 Å². The van der Waals surface area contributed by atoms with Crippen molar-refractivity contribution in [3.63, 3.8) is 0 Å². The number of hydrogen-bond donors (Lipinski definition) is 1. The monoisotopic (exact) mass is 302 g/mol. The van der Waals surface area contributed by atoms with Gasteiger partial charge in [-0.3, -0.25) is 4.79 Å². The molecule has 7 heteroatoms. The number of halogens is 3. The molecule has 1 saturated heterocycles. The Hall–Kier alpha value is -1.76. The summed E-state index contributed by atoms with van der Waals surface area (Å²) in [6.07, 6.45) is -2.59. The topological polar surface area (TPSA) is 55.6 Å². The summed E-state index contributed by atoms with van der Waals surface area (Å²) < 4.78 is 42.5. The highest BCUT2D eigenvalue weighted by Gasteiger charge is 2.30. The van der Waals surface area contributed by atoms with Crippen molar-refractivity contribution in [3.8, 4) is 5.75 Å². The van der Waals surface area contributed by atoms with Crippen molar-refractivity contribution in [1.29, 1.82) is 0 Å². The second kappa shape index (κ2) is 6.34. The number of hydrogen-bond acceptors (Lipinski definition) is 3. The maximum atomic E-state index is 12.4. The first-order valence-corrected chi connectivity index (χ1v) is 6.71. The number of nitrogens with zero attached hydrogens (tertiary/aromatic N) is 1. The Kier molecular flexibility index (Phi) is 4.72. The molecule has 1 aromatic rings. The van der Waals surface area contributed by atoms with Crippen molar-refractivity contribution >= 4 is 5.91 Å². The fourth-order valence-corrected chi connectivity index (χ4v) is 2.38. The van der Waals surface area contributed by atoms with Gasteiger partial charge in [-0.2, -0.15) is 13.2 Å². The van der Waals surface area contributed by atoms with Crippen molar-refractivity contribution in [3.05, 3.63) is 29.8 Å². The highest BCUT2D eigenvalue weighted by molar-refractivity contribution is 5.78. The number of ether oxygens (including phenoxy) is 1. The van der Waals surface area contributed by atoms with Gasteiger partial charge in [0.25, 0.3) is 5.91 Å². The minimum atomic E-state index is -4.38. The van der Waals surface area contributed by atoms with Crippen LogP contribution in [-0.4, -0.2) is 36.5 Å². The van der Waals surface area contributed by atoms with Crippen LogP contribution in [0.15, 0.2) is 24.3 Å². The van der Waals surface area contributed by atoms with Gasteiger partial charge in [0.05, 0.1) is 5.56 Å². The minimum absolute atomic E-state index is 0.0358. The lowest BCUT2D eigenvalue weighted by Gasteiger charge is -2.23. The SMILES string of the molecule is NC[C@H]1CCCN1C(=O)COc1ccc(C(F)(F)F)cc1. The average molecular weight is 302 g/mol. The van der Waals surface area contributed by atoms with E-state index in [1.807, 2.05) is 0 Å². The number of benzene rings is 1. The Morgan fingerprint density at radius 3 is 2.57 bits per heavy atom. The standard InChI is InChI=1S/C14H17F3N2O2/c15-14(16,17)10-3-5-12(6-4-10)21-9-13(20)19-7-1-2-11(19)8-18/h3-6,11H,1-2,7-9,18H2/t11-/m1/s1. The fraction of sp³-hybridized carbons (Fsp3) is 0.500. The van der Waals surface area contributed by atoms with Gasteiger partial charge in [0.15, 0.2) is 6.61 Å². The second-order valence-corrected chi connectivity index (χ2v) is 4.93. The van der Waals surface area contributed by atoms with Gasteiger partial charge < -0.3 is 15.4 Å². The molecule has 116 valence electrons. The Bertz CT molecular complexity index is 488. The normalized spacial score (nSPS) is 18.9. The van der Waals surface area contributed by atoms with Crippen LogP contribution in [0.1, 0.15) is 18.4 Å². The van der Waals surface area contributed by atoms with Crippen LogP contribution in [0.2, 0.25) is 0 Å². The van der Waals surface area contributed by atoms with E-state index in [2.05, 4.69) is 0 Å². The minimum Gasteiger partial charge on any atom is -0.484 e. The van der Waals surface area contributed by atoms with E-state index in [9.17, 15) is 18.0 Å². The molecule has 0 aromatic heterocycles. The molecular weight excluding hydrogens is 285 g/mol. The Morgan fingerprint density at radius 2 is 2.00 bits per heavy atom. The molecule has 4 nitrogen and oxygen atoms in total. The lowest BCUT2D eigenvalue weighted by atomic mass is 10.2. The number of amides is 1. The largest absolute Gasteiger partial charge is 0.484 e. The van der Waals surface area contributed by atoms with E-state index >= 15 is 0 Å². The van der Waals surface area contributed by atoms with Gasteiger partial charge in [0, 0.05) is 19.1 Å². The summed E-state index contributed by atoms with van der Waals surface area (Å²) >= 11 is 0. The first kappa shape index (κ1) is 15.6. The number of rotatable bonds is 4. The Labute approximate surface area is 120 Å². The van der Waals surface area contributed by atoms with Crippen LogP contribution in [0, 0.1) is 0 Å². The van der Waals surface area contributed by atoms with Crippen molar-refractivity contribution in [2.75, 3.05) is 19.7 Å². The molecule has 1 aliphatic rings. The average Bonchev–Trinajstić information content (AvgIpc) is 2.92. The molecule has 1 amide bonds. The van der Waals surface area contributed by atoms with E-state index in [0.717, 1.165) is 25.0 Å². The summed E-state index contributed by atoms with van der Waals surface area (Å²) in [6, 6.07) is 4.31. The molecule has 1 aliphatic heterocycles. The van der Waals surface area contributed by atoms with Gasteiger partial charge in [0.2, 0.25) is 0 Å². The van der Waals surface area contributed by atoms with E-state index < -0.39 is 11.7 Å². The molecule has 0 saturated carbocycles. The van der Waals surface area contributed by atoms with Crippen molar-refractivity contribution in [1.82, 2.24) is 4.90 Å². The summed E-state index contributed by atoms with van der Waals surface area (Å²) in [5, 5.41) is 0. The third-order valence-electron chi connectivity index (χ3n) is 3.51.